The second-order valence-electron chi connectivity index (χ2n) is 7.44. The number of carboxylic acid groups (broad SMARTS) is 1. The van der Waals surface area contributed by atoms with Gasteiger partial charge in [0.2, 0.25) is 0 Å². The number of nitrogens with zero attached hydrogens (tertiary/aromatic N) is 3. The normalized spacial score (nSPS) is 20.2. The molecule has 9 nitrogen and oxygen atoms in total. The van der Waals surface area contributed by atoms with Gasteiger partial charge in [0.05, 0.1) is 17.9 Å². The minimum absolute atomic E-state index is 0.0199. The standard InChI is InChI=1S/C20H22N4O5S/c21-19-18-14(12-30(27,28)23-19)5-1-7-16(18)29-11-13-4-3-9-24(10-13)17-8-2-6-15(22-17)20(25)26/h1-2,5-8,13H,3-4,9-12H2,(H2,21,23)(H,25,26)/t13-/m0/s1. The number of aromatic nitrogens is 1. The number of piperidine rings is 1. The smallest absolute Gasteiger partial charge is 0.354 e. The molecule has 2 aliphatic rings. The number of hydrogen-bond donors (Lipinski definition) is 2. The number of aromatic carboxylic acids is 1. The molecule has 3 N–H and O–H groups in total. The van der Waals surface area contributed by atoms with Crippen molar-refractivity contribution in [2.75, 3.05) is 24.6 Å². The first-order valence-electron chi connectivity index (χ1n) is 9.61. The average molecular weight is 430 g/mol. The van der Waals surface area contributed by atoms with Gasteiger partial charge in [-0.1, -0.05) is 18.2 Å². The summed E-state index contributed by atoms with van der Waals surface area (Å²) in [5.41, 5.74) is 7.04. The predicted molar refractivity (Wildman–Crippen MR) is 111 cm³/mol. The molecule has 0 unspecified atom stereocenters. The number of carbonyl (C=O) groups is 1. The number of ether oxygens (including phenoxy) is 1. The maximum atomic E-state index is 11.8. The molecule has 30 heavy (non-hydrogen) atoms. The molecule has 0 saturated carbocycles. The van der Waals surface area contributed by atoms with Crippen LogP contribution >= 0.6 is 0 Å². The fourth-order valence-electron chi connectivity index (χ4n) is 3.87. The lowest BCUT2D eigenvalue weighted by molar-refractivity contribution is 0.0690. The Labute approximate surface area is 174 Å². The molecule has 158 valence electrons. The molecular formula is C20H22N4O5S. The van der Waals surface area contributed by atoms with E-state index >= 15 is 0 Å². The Balaban J connectivity index is 1.47. The quantitative estimate of drug-likeness (QED) is 0.731. The fraction of sp³-hybridized carbons (Fsp3) is 0.350. The molecule has 0 spiro atoms. The molecule has 1 fully saturated rings. The second kappa shape index (κ2) is 7.94. The third kappa shape index (κ3) is 4.23. The van der Waals surface area contributed by atoms with Gasteiger partial charge in [0.25, 0.3) is 10.0 Å². The number of benzene rings is 1. The Morgan fingerprint density at radius 3 is 2.87 bits per heavy atom. The number of anilines is 1. The maximum absolute atomic E-state index is 11.8. The zero-order valence-corrected chi connectivity index (χ0v) is 17.0. The first-order valence-corrected chi connectivity index (χ1v) is 11.2. The summed E-state index contributed by atoms with van der Waals surface area (Å²) >= 11 is 0. The van der Waals surface area contributed by atoms with Gasteiger partial charge in [0.15, 0.2) is 5.69 Å². The van der Waals surface area contributed by atoms with Gasteiger partial charge in [-0.3, -0.25) is 0 Å². The van der Waals surface area contributed by atoms with Crippen LogP contribution < -0.4 is 15.4 Å². The minimum Gasteiger partial charge on any atom is -0.492 e. The van der Waals surface area contributed by atoms with Gasteiger partial charge in [-0.05, 0) is 36.6 Å². The summed E-state index contributed by atoms with van der Waals surface area (Å²) in [6, 6.07) is 10.2. The molecule has 1 aromatic heterocycles. The summed E-state index contributed by atoms with van der Waals surface area (Å²) in [4.78, 5) is 17.5. The van der Waals surface area contributed by atoms with E-state index in [0.717, 1.165) is 19.4 Å². The van der Waals surface area contributed by atoms with Crippen molar-refractivity contribution in [1.82, 2.24) is 4.98 Å². The monoisotopic (exact) mass is 430 g/mol. The van der Waals surface area contributed by atoms with E-state index in [1.54, 1.807) is 30.3 Å². The molecule has 4 rings (SSSR count). The first kappa shape index (κ1) is 20.1. The van der Waals surface area contributed by atoms with Crippen LogP contribution in [0.1, 0.15) is 34.5 Å². The second-order valence-corrected chi connectivity index (χ2v) is 9.08. The number of pyridine rings is 1. The largest absolute Gasteiger partial charge is 0.492 e. The number of carboxylic acids is 1. The zero-order chi connectivity index (χ0) is 21.3. The van der Waals surface area contributed by atoms with Crippen molar-refractivity contribution in [2.24, 2.45) is 16.0 Å². The molecule has 1 aromatic carbocycles. The van der Waals surface area contributed by atoms with Gasteiger partial charge in [0, 0.05) is 19.0 Å². The number of nitrogens with two attached hydrogens (primary N) is 1. The summed E-state index contributed by atoms with van der Waals surface area (Å²) < 4.78 is 33.3. The highest BCUT2D eigenvalue weighted by Crippen LogP contribution is 2.29. The van der Waals surface area contributed by atoms with Crippen LogP contribution in [0.25, 0.3) is 0 Å². The maximum Gasteiger partial charge on any atom is 0.354 e. The SMILES string of the molecule is NC1=NS(=O)(=O)Cc2cccc(OC[C@H]3CCCN(c4cccc(C(=O)O)n4)C3)c21. The molecule has 0 bridgehead atoms. The van der Waals surface area contributed by atoms with E-state index < -0.39 is 16.0 Å². The molecule has 2 aromatic rings. The van der Waals surface area contributed by atoms with Crippen LogP contribution in [0.15, 0.2) is 40.8 Å². The number of hydrogen-bond acceptors (Lipinski definition) is 7. The highest BCUT2D eigenvalue weighted by atomic mass is 32.2. The topological polar surface area (TPSA) is 135 Å². The van der Waals surface area contributed by atoms with Crippen LogP contribution in [0.3, 0.4) is 0 Å². The number of amidine groups is 1. The fourth-order valence-corrected chi connectivity index (χ4v) is 4.96. The summed E-state index contributed by atoms with van der Waals surface area (Å²) in [6.45, 7) is 1.90. The van der Waals surface area contributed by atoms with Crippen LogP contribution in [0, 0.1) is 5.92 Å². The molecule has 0 amide bonds. The van der Waals surface area contributed by atoms with Crippen LogP contribution in [0.2, 0.25) is 0 Å². The van der Waals surface area contributed by atoms with Crippen LogP contribution in [-0.2, 0) is 15.8 Å². The zero-order valence-electron chi connectivity index (χ0n) is 16.2. The van der Waals surface area contributed by atoms with Crippen LogP contribution in [0.5, 0.6) is 5.75 Å². The average Bonchev–Trinajstić information content (AvgIpc) is 2.71. The third-order valence-electron chi connectivity index (χ3n) is 5.22. The summed E-state index contributed by atoms with van der Waals surface area (Å²) in [5.74, 6) is 0.0688. The lowest BCUT2D eigenvalue weighted by Gasteiger charge is -2.33. The summed E-state index contributed by atoms with van der Waals surface area (Å²) in [6.07, 6.45) is 1.89. The van der Waals surface area contributed by atoms with Crippen molar-refractivity contribution in [3.05, 3.63) is 53.2 Å². The van der Waals surface area contributed by atoms with Crippen molar-refractivity contribution in [3.8, 4) is 5.75 Å². The van der Waals surface area contributed by atoms with Gasteiger partial charge in [-0.15, -0.1) is 4.40 Å². The van der Waals surface area contributed by atoms with Gasteiger partial charge in [-0.25, -0.2) is 18.2 Å². The van der Waals surface area contributed by atoms with Gasteiger partial charge in [-0.2, -0.15) is 0 Å². The van der Waals surface area contributed by atoms with Gasteiger partial charge in [0.1, 0.15) is 17.4 Å². The van der Waals surface area contributed by atoms with E-state index in [4.69, 9.17) is 15.6 Å². The number of rotatable bonds is 5. The van der Waals surface area contributed by atoms with Crippen molar-refractivity contribution in [2.45, 2.75) is 18.6 Å². The summed E-state index contributed by atoms with van der Waals surface area (Å²) in [5, 5.41) is 9.16. The molecule has 3 heterocycles. The first-order chi connectivity index (χ1) is 14.3. The highest BCUT2D eigenvalue weighted by Gasteiger charge is 2.27. The van der Waals surface area contributed by atoms with Gasteiger partial charge < -0.3 is 20.5 Å². The Bertz CT molecular complexity index is 1120. The van der Waals surface area contributed by atoms with E-state index in [-0.39, 0.29) is 23.2 Å². The van der Waals surface area contributed by atoms with Crippen molar-refractivity contribution in [3.63, 3.8) is 0 Å². The van der Waals surface area contributed by atoms with Gasteiger partial charge >= 0.3 is 5.97 Å². The molecule has 2 aliphatic heterocycles. The van der Waals surface area contributed by atoms with Crippen LogP contribution in [0.4, 0.5) is 5.82 Å². The number of sulfonamides is 1. The molecule has 10 heteroatoms. The van der Waals surface area contributed by atoms with E-state index in [1.807, 2.05) is 0 Å². The molecule has 1 saturated heterocycles. The molecular weight excluding hydrogens is 408 g/mol. The molecule has 0 radical (unpaired) electrons. The van der Waals surface area contributed by atoms with Crippen LogP contribution in [-0.4, -0.2) is 50.0 Å². The number of fused-ring (bicyclic) bond motifs is 1. The van der Waals surface area contributed by atoms with Crippen molar-refractivity contribution in [1.29, 1.82) is 0 Å². The third-order valence-corrected chi connectivity index (χ3v) is 6.37. The predicted octanol–water partition coefficient (Wildman–Crippen LogP) is 1.62. The Hall–Kier alpha value is -3.14. The van der Waals surface area contributed by atoms with E-state index in [1.165, 1.54) is 6.07 Å². The van der Waals surface area contributed by atoms with Crippen molar-refractivity contribution < 1.29 is 23.1 Å². The lowest BCUT2D eigenvalue weighted by atomic mass is 9.98. The molecule has 1 atom stereocenters. The van der Waals surface area contributed by atoms with E-state index in [9.17, 15) is 13.2 Å². The highest BCUT2D eigenvalue weighted by molar-refractivity contribution is 7.89. The lowest BCUT2D eigenvalue weighted by Crippen LogP contribution is -2.38. The Morgan fingerprint density at radius 2 is 2.07 bits per heavy atom. The van der Waals surface area contributed by atoms with Crippen molar-refractivity contribution >= 4 is 27.6 Å². The summed E-state index contributed by atoms with van der Waals surface area (Å²) in [7, 11) is -3.59. The Morgan fingerprint density at radius 1 is 1.27 bits per heavy atom. The minimum atomic E-state index is -3.59. The van der Waals surface area contributed by atoms with E-state index in [0.29, 0.717) is 35.8 Å². The Kier molecular flexibility index (Phi) is 5.33. The van der Waals surface area contributed by atoms with E-state index in [2.05, 4.69) is 14.3 Å². The molecule has 0 aliphatic carbocycles.